The third-order valence-electron chi connectivity index (χ3n) is 5.86. The van der Waals surface area contributed by atoms with E-state index in [0.29, 0.717) is 30.6 Å². The minimum Gasteiger partial charge on any atom is -0.356 e. The van der Waals surface area contributed by atoms with Crippen molar-refractivity contribution in [2.24, 2.45) is 0 Å². The highest BCUT2D eigenvalue weighted by molar-refractivity contribution is 7.18. The van der Waals surface area contributed by atoms with Crippen LogP contribution in [-0.4, -0.2) is 40.4 Å². The molecule has 1 aliphatic heterocycles. The van der Waals surface area contributed by atoms with Crippen molar-refractivity contribution in [2.45, 2.75) is 46.1 Å². The number of benzene rings is 1. The van der Waals surface area contributed by atoms with Gasteiger partial charge in [0.15, 0.2) is 0 Å². The summed E-state index contributed by atoms with van der Waals surface area (Å²) < 4.78 is 0. The quantitative estimate of drug-likeness (QED) is 0.572. The summed E-state index contributed by atoms with van der Waals surface area (Å²) in [6, 6.07) is 8.63. The monoisotopic (exact) mass is 424 g/mol. The number of fused-ring (bicyclic) bond motifs is 2. The normalized spacial score (nSPS) is 14.1. The van der Waals surface area contributed by atoms with Gasteiger partial charge in [-0.25, -0.2) is 4.98 Å². The number of hydrogen-bond donors (Lipinski definition) is 2. The van der Waals surface area contributed by atoms with Gasteiger partial charge in [-0.2, -0.15) is 0 Å². The first kappa shape index (κ1) is 20.8. The van der Waals surface area contributed by atoms with E-state index in [9.17, 15) is 9.59 Å². The van der Waals surface area contributed by atoms with Crippen LogP contribution in [0.4, 0.5) is 0 Å². The number of nitrogens with one attached hydrogen (secondary N) is 2. The molecule has 0 unspecified atom stereocenters. The maximum Gasteiger partial charge on any atom is 0.259 e. The van der Waals surface area contributed by atoms with Crippen molar-refractivity contribution in [3.8, 4) is 0 Å². The van der Waals surface area contributed by atoms with Gasteiger partial charge >= 0.3 is 0 Å². The molecule has 1 aliphatic rings. The smallest absolute Gasteiger partial charge is 0.259 e. The lowest BCUT2D eigenvalue weighted by molar-refractivity contribution is -0.121. The van der Waals surface area contributed by atoms with Crippen molar-refractivity contribution < 1.29 is 4.79 Å². The number of rotatable bonds is 7. The first-order valence-corrected chi connectivity index (χ1v) is 11.4. The Labute approximate surface area is 180 Å². The van der Waals surface area contributed by atoms with Gasteiger partial charge in [0.25, 0.3) is 5.56 Å². The maximum absolute atomic E-state index is 12.3. The van der Waals surface area contributed by atoms with Crippen LogP contribution < -0.4 is 10.9 Å². The average molecular weight is 425 g/mol. The zero-order chi connectivity index (χ0) is 21.1. The van der Waals surface area contributed by atoms with E-state index in [1.54, 1.807) is 0 Å². The Morgan fingerprint density at radius 2 is 2.07 bits per heavy atom. The van der Waals surface area contributed by atoms with E-state index in [4.69, 9.17) is 0 Å². The molecule has 3 aromatic rings. The van der Waals surface area contributed by atoms with Crippen molar-refractivity contribution in [1.29, 1.82) is 0 Å². The molecule has 7 heteroatoms. The molecule has 3 heterocycles. The molecule has 0 saturated carbocycles. The molecule has 0 aliphatic carbocycles. The summed E-state index contributed by atoms with van der Waals surface area (Å²) >= 11 is 1.53. The molecule has 2 N–H and O–H groups in total. The molecule has 0 atom stereocenters. The lowest BCUT2D eigenvalue weighted by Crippen LogP contribution is -2.33. The van der Waals surface area contributed by atoms with Crippen LogP contribution in [0.25, 0.3) is 10.2 Å². The molecule has 0 fully saturated rings. The first-order chi connectivity index (χ1) is 14.5. The van der Waals surface area contributed by atoms with Crippen LogP contribution in [0.5, 0.6) is 0 Å². The molecule has 2 aromatic heterocycles. The fraction of sp³-hybridized carbons (Fsp3) is 0.435. The lowest BCUT2D eigenvalue weighted by atomic mass is 10.00. The van der Waals surface area contributed by atoms with Crippen LogP contribution in [0.1, 0.15) is 40.2 Å². The zero-order valence-electron chi connectivity index (χ0n) is 17.6. The maximum atomic E-state index is 12.3. The van der Waals surface area contributed by atoms with Crippen molar-refractivity contribution >= 4 is 27.5 Å². The summed E-state index contributed by atoms with van der Waals surface area (Å²) in [5, 5.41) is 3.67. The topological polar surface area (TPSA) is 78.1 Å². The number of hydrogen-bond acceptors (Lipinski definition) is 5. The first-order valence-electron chi connectivity index (χ1n) is 10.6. The highest BCUT2D eigenvalue weighted by Crippen LogP contribution is 2.25. The van der Waals surface area contributed by atoms with Crippen molar-refractivity contribution in [1.82, 2.24) is 20.2 Å². The second-order valence-corrected chi connectivity index (χ2v) is 9.18. The summed E-state index contributed by atoms with van der Waals surface area (Å²) in [6.07, 6.45) is 2.80. The Hall–Kier alpha value is -2.51. The number of aryl methyl sites for hydroxylation is 3. The summed E-state index contributed by atoms with van der Waals surface area (Å²) in [5.74, 6) is 0.580. The molecule has 0 spiro atoms. The summed E-state index contributed by atoms with van der Waals surface area (Å²) in [5.41, 5.74) is 3.76. The second-order valence-electron chi connectivity index (χ2n) is 7.97. The molecule has 4 rings (SSSR count). The summed E-state index contributed by atoms with van der Waals surface area (Å²) in [4.78, 5) is 36.2. The van der Waals surface area contributed by atoms with Gasteiger partial charge < -0.3 is 10.3 Å². The molecule has 1 aromatic carbocycles. The molecule has 0 saturated heterocycles. The van der Waals surface area contributed by atoms with E-state index in [2.05, 4.69) is 44.5 Å². The van der Waals surface area contributed by atoms with Gasteiger partial charge in [0.05, 0.1) is 5.39 Å². The molecule has 0 radical (unpaired) electrons. The number of amides is 1. The number of H-pyrrole nitrogens is 1. The number of nitrogens with zero attached hydrogens (tertiary/aromatic N) is 2. The highest BCUT2D eigenvalue weighted by atomic mass is 32.1. The second kappa shape index (κ2) is 9.10. The molecule has 1 amide bonds. The Morgan fingerprint density at radius 3 is 2.90 bits per heavy atom. The van der Waals surface area contributed by atoms with Gasteiger partial charge in [0.2, 0.25) is 5.91 Å². The molecule has 0 bridgehead atoms. The average Bonchev–Trinajstić information content (AvgIpc) is 3.03. The Bertz CT molecular complexity index is 1120. The third-order valence-corrected chi connectivity index (χ3v) is 6.96. The number of aromatic nitrogens is 2. The van der Waals surface area contributed by atoms with Gasteiger partial charge in [-0.15, -0.1) is 11.3 Å². The van der Waals surface area contributed by atoms with Gasteiger partial charge in [-0.1, -0.05) is 24.3 Å². The predicted molar refractivity (Wildman–Crippen MR) is 121 cm³/mol. The van der Waals surface area contributed by atoms with Gasteiger partial charge in [0, 0.05) is 43.9 Å². The Balaban J connectivity index is 1.20. The number of carbonyl (C=O) groups is 1. The minimum absolute atomic E-state index is 0.000256. The van der Waals surface area contributed by atoms with Gasteiger partial charge in [-0.05, 0) is 43.4 Å². The SMILES string of the molecule is Cc1sc2nc(CCC(=O)NCCCN3CCc4ccccc4C3)[nH]c(=O)c2c1C. The highest BCUT2D eigenvalue weighted by Gasteiger charge is 2.15. The summed E-state index contributed by atoms with van der Waals surface area (Å²) in [7, 11) is 0. The van der Waals surface area contributed by atoms with Gasteiger partial charge in [-0.3, -0.25) is 14.5 Å². The van der Waals surface area contributed by atoms with E-state index in [1.165, 1.54) is 22.5 Å². The van der Waals surface area contributed by atoms with Crippen LogP contribution in [-0.2, 0) is 24.2 Å². The fourth-order valence-corrected chi connectivity index (χ4v) is 5.06. The number of thiophene rings is 1. The molecular weight excluding hydrogens is 396 g/mol. The minimum atomic E-state index is -0.111. The fourth-order valence-electron chi connectivity index (χ4n) is 4.01. The molecule has 30 heavy (non-hydrogen) atoms. The van der Waals surface area contributed by atoms with Crippen LogP contribution in [0.2, 0.25) is 0 Å². The molecular formula is C23H28N4O2S. The van der Waals surface area contributed by atoms with Gasteiger partial charge in [0.1, 0.15) is 10.7 Å². The predicted octanol–water partition coefficient (Wildman–Crippen LogP) is 3.10. The van der Waals surface area contributed by atoms with Crippen molar-refractivity contribution in [3.63, 3.8) is 0 Å². The van der Waals surface area contributed by atoms with E-state index in [1.807, 2.05) is 13.8 Å². The van der Waals surface area contributed by atoms with E-state index in [0.717, 1.165) is 47.7 Å². The van der Waals surface area contributed by atoms with Crippen molar-refractivity contribution in [3.05, 3.63) is 62.0 Å². The van der Waals surface area contributed by atoms with E-state index in [-0.39, 0.29) is 11.5 Å². The lowest BCUT2D eigenvalue weighted by Gasteiger charge is -2.28. The Kier molecular flexibility index (Phi) is 6.29. The Morgan fingerprint density at radius 1 is 1.27 bits per heavy atom. The van der Waals surface area contributed by atoms with Crippen LogP contribution in [0.15, 0.2) is 29.1 Å². The van der Waals surface area contributed by atoms with Crippen LogP contribution >= 0.6 is 11.3 Å². The largest absolute Gasteiger partial charge is 0.356 e. The standard InChI is InChI=1S/C23H28N4O2S/c1-15-16(2)30-23-21(15)22(29)25-19(26-23)8-9-20(28)24-11-5-12-27-13-10-17-6-3-4-7-18(17)14-27/h3-4,6-7H,5,8-14H2,1-2H3,(H,24,28)(H,25,26,29). The van der Waals surface area contributed by atoms with Crippen LogP contribution in [0.3, 0.4) is 0 Å². The molecule has 158 valence electrons. The number of carbonyl (C=O) groups excluding carboxylic acids is 1. The van der Waals surface area contributed by atoms with E-state index >= 15 is 0 Å². The zero-order valence-corrected chi connectivity index (χ0v) is 18.4. The van der Waals surface area contributed by atoms with Crippen molar-refractivity contribution in [2.75, 3.05) is 19.6 Å². The van der Waals surface area contributed by atoms with E-state index < -0.39 is 0 Å². The molecule has 6 nitrogen and oxygen atoms in total. The third kappa shape index (κ3) is 4.63. The number of aromatic amines is 1. The van der Waals surface area contributed by atoms with Crippen LogP contribution in [0, 0.1) is 13.8 Å². The summed E-state index contributed by atoms with van der Waals surface area (Å²) in [6.45, 7) is 7.67.